The maximum absolute atomic E-state index is 12.7. The summed E-state index contributed by atoms with van der Waals surface area (Å²) in [5, 5.41) is 10.5. The molecule has 0 aliphatic carbocycles. The van der Waals surface area contributed by atoms with E-state index in [2.05, 4.69) is 15.9 Å². The minimum Gasteiger partial charge on any atom is -0.461 e. The van der Waals surface area contributed by atoms with Crippen molar-refractivity contribution in [2.45, 2.75) is 26.9 Å². The molecule has 3 rings (SSSR count). The number of rotatable bonds is 1. The zero-order chi connectivity index (χ0) is 16.8. The molecule has 0 bridgehead atoms. The molecule has 2 aliphatic rings. The van der Waals surface area contributed by atoms with E-state index in [1.165, 1.54) is 5.82 Å². The van der Waals surface area contributed by atoms with E-state index in [-0.39, 0.29) is 11.3 Å². The van der Waals surface area contributed by atoms with E-state index in [9.17, 15) is 9.67 Å². The van der Waals surface area contributed by atoms with Gasteiger partial charge in [0.1, 0.15) is 11.5 Å². The van der Waals surface area contributed by atoms with Crippen molar-refractivity contribution in [3.63, 3.8) is 0 Å². The minimum atomic E-state index is -3.35. The van der Waals surface area contributed by atoms with Crippen LogP contribution in [0, 0.1) is 11.3 Å². The maximum atomic E-state index is 12.7. The molecule has 0 saturated carbocycles. The zero-order valence-corrected chi connectivity index (χ0v) is 15.8. The second-order valence-corrected chi connectivity index (χ2v) is 9.57. The predicted octanol–water partition coefficient (Wildman–Crippen LogP) is 4.62. The monoisotopic (exact) mass is 402 g/mol. The third kappa shape index (κ3) is 3.57. The Morgan fingerprint density at radius 1 is 1.35 bits per heavy atom. The van der Waals surface area contributed by atoms with Crippen LogP contribution in [0.2, 0.25) is 0 Å². The number of fused-ring (bicyclic) bond motifs is 1. The highest BCUT2D eigenvalue weighted by Gasteiger charge is 2.38. The van der Waals surface area contributed by atoms with Crippen LogP contribution in [0.3, 0.4) is 0 Å². The number of hydrogen-bond acceptors (Lipinski definition) is 5. The summed E-state index contributed by atoms with van der Waals surface area (Å²) in [5.41, 5.74) is 0.540. The van der Waals surface area contributed by atoms with Gasteiger partial charge in [-0.1, -0.05) is 36.7 Å². The summed E-state index contributed by atoms with van der Waals surface area (Å²) in [6.45, 7) is 6.51. The number of ether oxygens (including phenoxy) is 1. The summed E-state index contributed by atoms with van der Waals surface area (Å²) >= 11 is 3.39. The summed E-state index contributed by atoms with van der Waals surface area (Å²) in [5.74, 6) is 2.02. The molecule has 1 aromatic rings. The summed E-state index contributed by atoms with van der Waals surface area (Å²) in [6, 6.07) is 5.42. The Hall–Kier alpha value is -0.650. The lowest BCUT2D eigenvalue weighted by Crippen LogP contribution is -2.29. The first-order valence-corrected chi connectivity index (χ1v) is 9.87. The summed E-state index contributed by atoms with van der Waals surface area (Å²) in [6.07, 6.45) is -0.740. The molecule has 126 valence electrons. The lowest BCUT2D eigenvalue weighted by atomic mass is 9.93. The maximum Gasteiger partial charge on any atom is 0.357 e. The number of benzene rings is 1. The van der Waals surface area contributed by atoms with Crippen molar-refractivity contribution in [1.29, 1.82) is 0 Å². The van der Waals surface area contributed by atoms with Crippen molar-refractivity contribution in [1.82, 2.24) is 0 Å². The summed E-state index contributed by atoms with van der Waals surface area (Å²) in [7, 11) is -3.35. The molecule has 23 heavy (non-hydrogen) atoms. The van der Waals surface area contributed by atoms with Gasteiger partial charge >= 0.3 is 7.60 Å². The Morgan fingerprint density at radius 2 is 2.00 bits per heavy atom. The van der Waals surface area contributed by atoms with E-state index < -0.39 is 13.7 Å². The second-order valence-electron chi connectivity index (χ2n) is 6.80. The van der Waals surface area contributed by atoms with E-state index in [0.717, 1.165) is 4.47 Å². The first kappa shape index (κ1) is 17.2. The van der Waals surface area contributed by atoms with Gasteiger partial charge in [-0.3, -0.25) is 4.57 Å². The molecule has 2 heterocycles. The first-order chi connectivity index (χ1) is 10.7. The molecule has 0 spiro atoms. The van der Waals surface area contributed by atoms with Gasteiger partial charge < -0.3 is 18.9 Å². The van der Waals surface area contributed by atoms with Gasteiger partial charge in [-0.2, -0.15) is 0 Å². The molecule has 7 heteroatoms. The molecule has 1 N–H and O–H groups in total. The smallest absolute Gasteiger partial charge is 0.357 e. The standard InChI is InChI=1S/C16H20BrO5P/c1-10-14(7-23(19)20-8-16(2,3)9-21-23)22-13-5-4-11(17)6-12(13)15(10)18/h4-7,10,15,18H,8-9H2,1-3H3/b14-7+. The van der Waals surface area contributed by atoms with Gasteiger partial charge in [-0.05, 0) is 18.2 Å². The van der Waals surface area contributed by atoms with E-state index in [1.807, 2.05) is 32.9 Å². The lowest BCUT2D eigenvalue weighted by molar-refractivity contribution is 0.0447. The highest BCUT2D eigenvalue weighted by molar-refractivity contribution is 9.10. The van der Waals surface area contributed by atoms with E-state index >= 15 is 0 Å². The Bertz CT molecular complexity index is 686. The van der Waals surface area contributed by atoms with Gasteiger partial charge in [-0.15, -0.1) is 0 Å². The zero-order valence-electron chi connectivity index (χ0n) is 13.3. The van der Waals surface area contributed by atoms with E-state index in [1.54, 1.807) is 6.07 Å². The second kappa shape index (κ2) is 6.01. The fraction of sp³-hybridized carbons (Fsp3) is 0.500. The van der Waals surface area contributed by atoms with Crippen LogP contribution in [0.25, 0.3) is 0 Å². The molecular weight excluding hydrogens is 383 g/mol. The van der Waals surface area contributed by atoms with Crippen molar-refractivity contribution >= 4 is 23.5 Å². The average Bonchev–Trinajstić information content (AvgIpc) is 2.49. The predicted molar refractivity (Wildman–Crippen MR) is 90.3 cm³/mol. The molecule has 5 nitrogen and oxygen atoms in total. The van der Waals surface area contributed by atoms with Crippen molar-refractivity contribution in [2.24, 2.45) is 11.3 Å². The average molecular weight is 403 g/mol. The number of halogens is 1. The molecule has 2 aliphatic heterocycles. The van der Waals surface area contributed by atoms with Crippen LogP contribution in [-0.4, -0.2) is 18.3 Å². The SMILES string of the molecule is CC1/C(=C\P2(=O)OCC(C)(C)CO2)Oc2ccc(Br)cc2C1O. The molecule has 2 unspecified atom stereocenters. The highest BCUT2D eigenvalue weighted by atomic mass is 79.9. The molecule has 0 radical (unpaired) electrons. The summed E-state index contributed by atoms with van der Waals surface area (Å²) < 4.78 is 30.3. The van der Waals surface area contributed by atoms with Gasteiger partial charge in [0, 0.05) is 21.4 Å². The fourth-order valence-corrected chi connectivity index (χ4v) is 4.73. The molecule has 1 saturated heterocycles. The number of hydrogen-bond donors (Lipinski definition) is 1. The highest BCUT2D eigenvalue weighted by Crippen LogP contribution is 2.57. The Kier molecular flexibility index (Phi) is 4.49. The normalized spacial score (nSPS) is 30.6. The number of aliphatic hydroxyl groups is 1. The van der Waals surface area contributed by atoms with Gasteiger partial charge in [0.2, 0.25) is 0 Å². The third-order valence-electron chi connectivity index (χ3n) is 4.00. The Labute approximate surface area is 144 Å². The molecule has 1 fully saturated rings. The third-order valence-corrected chi connectivity index (χ3v) is 6.04. The van der Waals surface area contributed by atoms with Crippen LogP contribution in [0.1, 0.15) is 32.4 Å². The van der Waals surface area contributed by atoms with Gasteiger partial charge in [0.05, 0.1) is 25.1 Å². The molecule has 2 atom stereocenters. The fourth-order valence-electron chi connectivity index (χ4n) is 2.47. The quantitative estimate of drug-likeness (QED) is 0.694. The Balaban J connectivity index is 1.89. The molecule has 1 aromatic carbocycles. The van der Waals surface area contributed by atoms with Crippen molar-refractivity contribution < 1.29 is 23.5 Å². The van der Waals surface area contributed by atoms with Crippen molar-refractivity contribution in [3.8, 4) is 5.75 Å². The minimum absolute atomic E-state index is 0.163. The van der Waals surface area contributed by atoms with E-state index in [4.69, 9.17) is 13.8 Å². The van der Waals surface area contributed by atoms with Gasteiger partial charge in [0.15, 0.2) is 0 Å². The van der Waals surface area contributed by atoms with E-state index in [0.29, 0.717) is 30.3 Å². The van der Waals surface area contributed by atoms with Gasteiger partial charge in [-0.25, -0.2) is 0 Å². The van der Waals surface area contributed by atoms with Crippen LogP contribution in [0.5, 0.6) is 5.75 Å². The molecular formula is C16H20BrO5P. The van der Waals surface area contributed by atoms with Gasteiger partial charge in [0.25, 0.3) is 0 Å². The largest absolute Gasteiger partial charge is 0.461 e. The van der Waals surface area contributed by atoms with Crippen molar-refractivity contribution in [2.75, 3.05) is 13.2 Å². The van der Waals surface area contributed by atoms with Crippen LogP contribution in [-0.2, 0) is 13.6 Å². The Morgan fingerprint density at radius 3 is 2.65 bits per heavy atom. The van der Waals surface area contributed by atoms with Crippen LogP contribution in [0.15, 0.2) is 34.2 Å². The van der Waals surface area contributed by atoms with Crippen LogP contribution in [0.4, 0.5) is 0 Å². The van der Waals surface area contributed by atoms with Crippen LogP contribution < -0.4 is 4.74 Å². The van der Waals surface area contributed by atoms with Crippen molar-refractivity contribution in [3.05, 3.63) is 39.8 Å². The molecule has 0 aromatic heterocycles. The lowest BCUT2D eigenvalue weighted by Gasteiger charge is -2.34. The first-order valence-electron chi connectivity index (χ1n) is 7.46. The summed E-state index contributed by atoms with van der Waals surface area (Å²) in [4.78, 5) is 0. The molecule has 0 amide bonds. The topological polar surface area (TPSA) is 65.0 Å². The number of aliphatic hydroxyl groups excluding tert-OH is 1. The van der Waals surface area contributed by atoms with Crippen LogP contribution >= 0.6 is 23.5 Å².